The molecule has 1 aromatic rings. The minimum Gasteiger partial charge on any atom is -0.478 e. The Bertz CT molecular complexity index is 694. The number of halogens is 1. The molecule has 0 spiro atoms. The molecule has 4 unspecified atom stereocenters. The molecule has 142 valence electrons. The number of fused-ring (bicyclic) bond motifs is 1. The zero-order valence-electron chi connectivity index (χ0n) is 15.6. The maximum Gasteiger partial charge on any atom is 0.268 e. The van der Waals surface area contributed by atoms with Gasteiger partial charge in [-0.05, 0) is 42.9 Å². The smallest absolute Gasteiger partial charge is 0.268 e. The summed E-state index contributed by atoms with van der Waals surface area (Å²) < 4.78 is 5.76. The highest BCUT2D eigenvalue weighted by Gasteiger charge is 2.35. The summed E-state index contributed by atoms with van der Waals surface area (Å²) >= 11 is 6.09. The van der Waals surface area contributed by atoms with Crippen molar-refractivity contribution in [3.05, 3.63) is 23.2 Å². The Kier molecular flexibility index (Phi) is 5.76. The highest BCUT2D eigenvalue weighted by Crippen LogP contribution is 2.37. The number of hydrogen-bond donors (Lipinski definition) is 1. The molecule has 1 N–H and O–H groups in total. The molecular formula is C20H27ClN2O3. The average molecular weight is 379 g/mol. The zero-order chi connectivity index (χ0) is 18.8. The van der Waals surface area contributed by atoms with Crippen LogP contribution in [0.5, 0.6) is 5.75 Å². The van der Waals surface area contributed by atoms with Crippen LogP contribution in [0.4, 0.5) is 5.69 Å². The lowest BCUT2D eigenvalue weighted by Gasteiger charge is -2.36. The second-order valence-corrected chi connectivity index (χ2v) is 7.93. The monoisotopic (exact) mass is 378 g/mol. The lowest BCUT2D eigenvalue weighted by atomic mass is 9.78. The molecule has 0 bridgehead atoms. The highest BCUT2D eigenvalue weighted by atomic mass is 35.5. The van der Waals surface area contributed by atoms with Gasteiger partial charge in [-0.3, -0.25) is 14.5 Å². The normalized spacial score (nSPS) is 28.3. The Morgan fingerprint density at radius 2 is 2.12 bits per heavy atom. The maximum atomic E-state index is 12.8. The van der Waals surface area contributed by atoms with Gasteiger partial charge < -0.3 is 10.1 Å². The van der Waals surface area contributed by atoms with Crippen molar-refractivity contribution in [2.45, 2.75) is 58.6 Å². The fourth-order valence-corrected chi connectivity index (χ4v) is 4.07. The number of hydrogen-bond acceptors (Lipinski definition) is 3. The molecule has 26 heavy (non-hydrogen) atoms. The Balaban J connectivity index is 1.76. The summed E-state index contributed by atoms with van der Waals surface area (Å²) in [5, 5.41) is 3.65. The van der Waals surface area contributed by atoms with Crippen molar-refractivity contribution < 1.29 is 14.3 Å². The standard InChI is InChI=1S/C20H27ClN2O3/c1-4-17-20(25)23(16-10-14(21)8-9-18(16)26-17)11-19(24)22-15-7-5-6-12(2)13(15)3/h8-10,12-13,15,17H,4-7,11H2,1-3H3,(H,22,24). The first-order valence-electron chi connectivity index (χ1n) is 9.47. The second kappa shape index (κ2) is 7.87. The summed E-state index contributed by atoms with van der Waals surface area (Å²) in [5.41, 5.74) is 0.562. The molecule has 0 aromatic heterocycles. The lowest BCUT2D eigenvalue weighted by Crippen LogP contribution is -2.52. The van der Waals surface area contributed by atoms with Crippen molar-refractivity contribution in [1.29, 1.82) is 0 Å². The van der Waals surface area contributed by atoms with Gasteiger partial charge in [-0.15, -0.1) is 0 Å². The first kappa shape index (κ1) is 19.0. The van der Waals surface area contributed by atoms with Crippen molar-refractivity contribution in [3.63, 3.8) is 0 Å². The predicted molar refractivity (Wildman–Crippen MR) is 103 cm³/mol. The fourth-order valence-electron chi connectivity index (χ4n) is 3.90. The Labute approximate surface area is 160 Å². The van der Waals surface area contributed by atoms with Crippen molar-refractivity contribution in [2.24, 2.45) is 11.8 Å². The molecule has 1 saturated carbocycles. The van der Waals surface area contributed by atoms with Crippen LogP contribution in [0.3, 0.4) is 0 Å². The number of ether oxygens (including phenoxy) is 1. The van der Waals surface area contributed by atoms with Gasteiger partial charge in [-0.25, -0.2) is 0 Å². The first-order chi connectivity index (χ1) is 12.4. The van der Waals surface area contributed by atoms with E-state index < -0.39 is 6.10 Å². The topological polar surface area (TPSA) is 58.6 Å². The van der Waals surface area contributed by atoms with Crippen LogP contribution >= 0.6 is 11.6 Å². The van der Waals surface area contributed by atoms with Gasteiger partial charge in [-0.1, -0.05) is 45.2 Å². The molecule has 0 saturated heterocycles. The quantitative estimate of drug-likeness (QED) is 0.867. The van der Waals surface area contributed by atoms with Crippen LogP contribution in [0.2, 0.25) is 5.02 Å². The summed E-state index contributed by atoms with van der Waals surface area (Å²) in [7, 11) is 0. The van der Waals surface area contributed by atoms with E-state index >= 15 is 0 Å². The minimum absolute atomic E-state index is 0.0103. The van der Waals surface area contributed by atoms with Crippen molar-refractivity contribution in [3.8, 4) is 5.75 Å². The van der Waals surface area contributed by atoms with Gasteiger partial charge in [0.05, 0.1) is 5.69 Å². The number of anilines is 1. The van der Waals surface area contributed by atoms with Crippen LogP contribution in [-0.2, 0) is 9.59 Å². The van der Waals surface area contributed by atoms with E-state index in [9.17, 15) is 9.59 Å². The van der Waals surface area contributed by atoms with Gasteiger partial charge >= 0.3 is 0 Å². The van der Waals surface area contributed by atoms with Crippen LogP contribution in [0.15, 0.2) is 18.2 Å². The van der Waals surface area contributed by atoms with Gasteiger partial charge in [-0.2, -0.15) is 0 Å². The Morgan fingerprint density at radius 1 is 1.35 bits per heavy atom. The van der Waals surface area contributed by atoms with Gasteiger partial charge in [0.15, 0.2) is 6.10 Å². The molecule has 2 aliphatic rings. The number of nitrogens with zero attached hydrogens (tertiary/aromatic N) is 1. The number of benzene rings is 1. The number of amides is 2. The number of rotatable bonds is 4. The second-order valence-electron chi connectivity index (χ2n) is 7.49. The molecule has 1 fully saturated rings. The number of nitrogens with one attached hydrogen (secondary N) is 1. The van der Waals surface area contributed by atoms with E-state index in [-0.39, 0.29) is 24.4 Å². The van der Waals surface area contributed by atoms with Crippen molar-refractivity contribution in [2.75, 3.05) is 11.4 Å². The third-order valence-corrected chi connectivity index (χ3v) is 5.98. The zero-order valence-corrected chi connectivity index (χ0v) is 16.4. The van der Waals surface area contributed by atoms with Gasteiger partial charge in [0.25, 0.3) is 5.91 Å². The molecule has 1 aliphatic heterocycles. The van der Waals surface area contributed by atoms with E-state index in [0.717, 1.165) is 12.8 Å². The van der Waals surface area contributed by atoms with Crippen molar-refractivity contribution >= 4 is 29.1 Å². The molecule has 1 aliphatic carbocycles. The molecule has 1 aromatic carbocycles. The Hall–Kier alpha value is -1.75. The molecule has 3 rings (SSSR count). The van der Waals surface area contributed by atoms with E-state index in [1.54, 1.807) is 18.2 Å². The number of carbonyl (C=O) groups is 2. The average Bonchev–Trinajstić information content (AvgIpc) is 2.61. The van der Waals surface area contributed by atoms with E-state index in [1.165, 1.54) is 11.3 Å². The van der Waals surface area contributed by atoms with Crippen LogP contribution in [-0.4, -0.2) is 30.5 Å². The molecule has 2 amide bonds. The van der Waals surface area contributed by atoms with Crippen LogP contribution in [0.25, 0.3) is 0 Å². The first-order valence-corrected chi connectivity index (χ1v) is 9.85. The molecule has 5 nitrogen and oxygen atoms in total. The molecule has 1 heterocycles. The highest BCUT2D eigenvalue weighted by molar-refractivity contribution is 6.31. The summed E-state index contributed by atoms with van der Waals surface area (Å²) in [6, 6.07) is 5.33. The van der Waals surface area contributed by atoms with E-state index in [0.29, 0.717) is 34.7 Å². The largest absolute Gasteiger partial charge is 0.478 e. The summed E-state index contributed by atoms with van der Waals surface area (Å²) in [6.07, 6.45) is 3.32. The van der Waals surface area contributed by atoms with Crippen molar-refractivity contribution in [1.82, 2.24) is 5.32 Å². The minimum atomic E-state index is -0.565. The van der Waals surface area contributed by atoms with E-state index in [4.69, 9.17) is 16.3 Å². The Morgan fingerprint density at radius 3 is 2.85 bits per heavy atom. The lowest BCUT2D eigenvalue weighted by molar-refractivity contribution is -0.129. The van der Waals surface area contributed by atoms with Crippen LogP contribution in [0, 0.1) is 11.8 Å². The third-order valence-electron chi connectivity index (χ3n) is 5.75. The van der Waals surface area contributed by atoms with Crippen LogP contribution in [0.1, 0.15) is 46.5 Å². The molecule has 4 atom stereocenters. The summed E-state index contributed by atoms with van der Waals surface area (Å²) in [5.74, 6) is 1.31. The third kappa shape index (κ3) is 3.83. The molecule has 6 heteroatoms. The maximum absolute atomic E-state index is 12.8. The predicted octanol–water partition coefficient (Wildman–Crippen LogP) is 3.78. The number of carbonyl (C=O) groups excluding carboxylic acids is 2. The van der Waals surface area contributed by atoms with E-state index in [1.807, 2.05) is 6.92 Å². The van der Waals surface area contributed by atoms with Gasteiger partial charge in [0.2, 0.25) is 5.91 Å². The summed E-state index contributed by atoms with van der Waals surface area (Å²) in [6.45, 7) is 6.31. The fraction of sp³-hybridized carbons (Fsp3) is 0.600. The van der Waals surface area contributed by atoms with E-state index in [2.05, 4.69) is 19.2 Å². The van der Waals surface area contributed by atoms with Crippen LogP contribution < -0.4 is 15.0 Å². The van der Waals surface area contributed by atoms with Gasteiger partial charge in [0.1, 0.15) is 12.3 Å². The van der Waals surface area contributed by atoms with Gasteiger partial charge in [0, 0.05) is 11.1 Å². The molecule has 0 radical (unpaired) electrons. The summed E-state index contributed by atoms with van der Waals surface area (Å²) in [4.78, 5) is 26.9. The molecular weight excluding hydrogens is 352 g/mol. The SMILES string of the molecule is CCC1Oc2ccc(Cl)cc2N(CC(=O)NC2CCCC(C)C2C)C1=O.